The maximum absolute atomic E-state index is 4.32. The van der Waals surface area contributed by atoms with Gasteiger partial charge in [-0.2, -0.15) is 0 Å². The van der Waals surface area contributed by atoms with Crippen molar-refractivity contribution in [2.75, 3.05) is 57.8 Å². The quantitative estimate of drug-likeness (QED) is 0.283. The lowest BCUT2D eigenvalue weighted by atomic mass is 10.3. The highest BCUT2D eigenvalue weighted by atomic mass is 127. The highest BCUT2D eigenvalue weighted by molar-refractivity contribution is 14.0. The molecule has 0 atom stereocenters. The Balaban J connectivity index is 0.00000288. The van der Waals surface area contributed by atoms with Crippen LogP contribution in [0.1, 0.15) is 19.8 Å². The highest BCUT2D eigenvalue weighted by Crippen LogP contribution is 2.08. The van der Waals surface area contributed by atoms with Crippen LogP contribution in [-0.2, 0) is 0 Å². The molecule has 0 bridgehead atoms. The van der Waals surface area contributed by atoms with E-state index in [0.717, 1.165) is 57.7 Å². The lowest BCUT2D eigenvalue weighted by molar-refractivity contribution is 0.260. The minimum absolute atomic E-state index is 0. The van der Waals surface area contributed by atoms with Crippen LogP contribution >= 0.6 is 24.0 Å². The average molecular weight is 447 g/mol. The molecule has 0 aliphatic carbocycles. The first-order chi connectivity index (χ1) is 11.3. The number of hydrogen-bond donors (Lipinski definition) is 2. The fourth-order valence-electron chi connectivity index (χ4n) is 2.56. The molecule has 1 aliphatic rings. The standard InChI is InChI=1S/C16H29N7.HI/c1-3-4-6-18-15(17-2)19-9-10-22-11-13-23(14-12-22)16-20-7-5-8-21-16;/h5,7-8H,3-4,6,9-14H2,1-2H3,(H2,17,18,19);1H. The van der Waals surface area contributed by atoms with Gasteiger partial charge >= 0.3 is 0 Å². The molecular weight excluding hydrogens is 417 g/mol. The molecule has 0 saturated carbocycles. The van der Waals surface area contributed by atoms with Crippen LogP contribution in [0.5, 0.6) is 0 Å². The number of halogens is 1. The van der Waals surface area contributed by atoms with E-state index in [2.05, 4.69) is 42.3 Å². The Kier molecular flexibility index (Phi) is 10.6. The predicted molar refractivity (Wildman–Crippen MR) is 110 cm³/mol. The van der Waals surface area contributed by atoms with Gasteiger partial charge in [0.05, 0.1) is 0 Å². The Labute approximate surface area is 162 Å². The Morgan fingerprint density at radius 3 is 2.42 bits per heavy atom. The number of guanidine groups is 1. The molecule has 1 aliphatic heterocycles. The predicted octanol–water partition coefficient (Wildman–Crippen LogP) is 1.18. The van der Waals surface area contributed by atoms with Gasteiger partial charge in [0.25, 0.3) is 0 Å². The van der Waals surface area contributed by atoms with E-state index in [1.807, 2.05) is 13.1 Å². The van der Waals surface area contributed by atoms with Gasteiger partial charge in [0.2, 0.25) is 5.95 Å². The summed E-state index contributed by atoms with van der Waals surface area (Å²) >= 11 is 0. The second-order valence-electron chi connectivity index (χ2n) is 5.66. The molecule has 2 rings (SSSR count). The summed E-state index contributed by atoms with van der Waals surface area (Å²) in [4.78, 5) is 17.6. The first-order valence-corrected chi connectivity index (χ1v) is 8.52. The summed E-state index contributed by atoms with van der Waals surface area (Å²) < 4.78 is 0. The van der Waals surface area contributed by atoms with Crippen molar-refractivity contribution in [3.8, 4) is 0 Å². The van der Waals surface area contributed by atoms with Crippen LogP contribution in [0.4, 0.5) is 5.95 Å². The fourth-order valence-corrected chi connectivity index (χ4v) is 2.56. The molecule has 1 saturated heterocycles. The minimum atomic E-state index is 0. The van der Waals surface area contributed by atoms with Gasteiger partial charge in [-0.3, -0.25) is 9.89 Å². The van der Waals surface area contributed by atoms with Crippen LogP contribution in [0.25, 0.3) is 0 Å². The fraction of sp³-hybridized carbons (Fsp3) is 0.688. The lowest BCUT2D eigenvalue weighted by Gasteiger charge is -2.34. The number of unbranched alkanes of at least 4 members (excludes halogenated alkanes) is 1. The van der Waals surface area contributed by atoms with Crippen molar-refractivity contribution < 1.29 is 0 Å². The Morgan fingerprint density at radius 1 is 1.12 bits per heavy atom. The molecule has 0 spiro atoms. The van der Waals surface area contributed by atoms with Gasteiger partial charge in [-0.05, 0) is 12.5 Å². The zero-order chi connectivity index (χ0) is 16.3. The van der Waals surface area contributed by atoms with E-state index in [9.17, 15) is 0 Å². The molecule has 136 valence electrons. The van der Waals surface area contributed by atoms with Crippen molar-refractivity contribution in [1.82, 2.24) is 25.5 Å². The van der Waals surface area contributed by atoms with Crippen LogP contribution in [0.2, 0.25) is 0 Å². The maximum Gasteiger partial charge on any atom is 0.225 e. The van der Waals surface area contributed by atoms with Gasteiger partial charge in [0.1, 0.15) is 0 Å². The van der Waals surface area contributed by atoms with E-state index >= 15 is 0 Å². The summed E-state index contributed by atoms with van der Waals surface area (Å²) in [5.74, 6) is 1.74. The number of nitrogens with zero attached hydrogens (tertiary/aromatic N) is 5. The van der Waals surface area contributed by atoms with Gasteiger partial charge in [0.15, 0.2) is 5.96 Å². The molecule has 0 aromatic carbocycles. The van der Waals surface area contributed by atoms with Gasteiger partial charge in [0, 0.05) is 65.3 Å². The first-order valence-electron chi connectivity index (χ1n) is 8.52. The van der Waals surface area contributed by atoms with E-state index in [1.54, 1.807) is 12.4 Å². The number of piperazine rings is 1. The molecular formula is C16H30IN7. The molecule has 0 amide bonds. The SMILES string of the molecule is CCCCNC(=NC)NCCN1CCN(c2ncccn2)CC1.I. The molecule has 0 unspecified atom stereocenters. The Bertz CT molecular complexity index is 461. The van der Waals surface area contributed by atoms with E-state index in [0.29, 0.717) is 0 Å². The van der Waals surface area contributed by atoms with Crippen molar-refractivity contribution in [1.29, 1.82) is 0 Å². The van der Waals surface area contributed by atoms with Crippen LogP contribution in [0, 0.1) is 0 Å². The van der Waals surface area contributed by atoms with Gasteiger partial charge in [-0.25, -0.2) is 9.97 Å². The van der Waals surface area contributed by atoms with Crippen LogP contribution in [-0.4, -0.2) is 73.7 Å². The van der Waals surface area contributed by atoms with Crippen molar-refractivity contribution in [2.45, 2.75) is 19.8 Å². The number of nitrogens with one attached hydrogen (secondary N) is 2. The summed E-state index contributed by atoms with van der Waals surface area (Å²) in [7, 11) is 1.82. The van der Waals surface area contributed by atoms with Gasteiger partial charge in [-0.15, -0.1) is 24.0 Å². The van der Waals surface area contributed by atoms with E-state index in [-0.39, 0.29) is 24.0 Å². The Hall–Kier alpha value is -1.16. The number of aromatic nitrogens is 2. The molecule has 24 heavy (non-hydrogen) atoms. The molecule has 8 heteroatoms. The summed E-state index contributed by atoms with van der Waals surface area (Å²) in [5.41, 5.74) is 0. The molecule has 1 fully saturated rings. The first kappa shape index (κ1) is 20.9. The molecule has 0 radical (unpaired) electrons. The van der Waals surface area contributed by atoms with Crippen LogP contribution in [0.3, 0.4) is 0 Å². The number of aliphatic imine (C=N–C) groups is 1. The molecule has 1 aromatic rings. The molecule has 7 nitrogen and oxygen atoms in total. The monoisotopic (exact) mass is 447 g/mol. The third-order valence-corrected chi connectivity index (χ3v) is 3.97. The zero-order valence-corrected chi connectivity index (χ0v) is 17.1. The number of rotatable bonds is 7. The van der Waals surface area contributed by atoms with Crippen molar-refractivity contribution in [2.24, 2.45) is 4.99 Å². The summed E-state index contributed by atoms with van der Waals surface area (Å²) in [6, 6.07) is 1.85. The van der Waals surface area contributed by atoms with Crippen LogP contribution < -0.4 is 15.5 Å². The van der Waals surface area contributed by atoms with Gasteiger partial charge < -0.3 is 15.5 Å². The molecule has 2 N–H and O–H groups in total. The van der Waals surface area contributed by atoms with E-state index in [1.165, 1.54) is 12.8 Å². The Morgan fingerprint density at radius 2 is 1.79 bits per heavy atom. The summed E-state index contributed by atoms with van der Waals surface area (Å²) in [6.07, 6.45) is 5.97. The second-order valence-corrected chi connectivity index (χ2v) is 5.66. The maximum atomic E-state index is 4.32. The van der Waals surface area contributed by atoms with Crippen LogP contribution in [0.15, 0.2) is 23.5 Å². The normalized spacial score (nSPS) is 15.8. The average Bonchev–Trinajstić information content (AvgIpc) is 2.62. The largest absolute Gasteiger partial charge is 0.356 e. The second kappa shape index (κ2) is 12.2. The van der Waals surface area contributed by atoms with Gasteiger partial charge in [-0.1, -0.05) is 13.3 Å². The smallest absolute Gasteiger partial charge is 0.225 e. The summed E-state index contributed by atoms with van der Waals surface area (Å²) in [6.45, 7) is 9.15. The summed E-state index contributed by atoms with van der Waals surface area (Å²) in [5, 5.41) is 6.71. The molecule has 1 aromatic heterocycles. The number of anilines is 1. The lowest BCUT2D eigenvalue weighted by Crippen LogP contribution is -2.49. The number of hydrogen-bond acceptors (Lipinski definition) is 5. The van der Waals surface area contributed by atoms with Crippen molar-refractivity contribution in [3.63, 3.8) is 0 Å². The van der Waals surface area contributed by atoms with E-state index < -0.39 is 0 Å². The molecule has 2 heterocycles. The van der Waals surface area contributed by atoms with E-state index in [4.69, 9.17) is 0 Å². The highest BCUT2D eigenvalue weighted by Gasteiger charge is 2.18. The third kappa shape index (κ3) is 7.16. The van der Waals surface area contributed by atoms with Crippen molar-refractivity contribution in [3.05, 3.63) is 18.5 Å². The zero-order valence-electron chi connectivity index (χ0n) is 14.7. The topological polar surface area (TPSA) is 68.7 Å². The van der Waals surface area contributed by atoms with Crippen molar-refractivity contribution >= 4 is 35.9 Å². The third-order valence-electron chi connectivity index (χ3n) is 3.97. The minimum Gasteiger partial charge on any atom is -0.356 e.